The molecule has 2 atom stereocenters. The van der Waals surface area contributed by atoms with E-state index in [9.17, 15) is 0 Å². The van der Waals surface area contributed by atoms with Gasteiger partial charge in [-0.15, -0.1) is 0 Å². The highest BCUT2D eigenvalue weighted by molar-refractivity contribution is 4.73. The number of nitrogens with one attached hydrogen (secondary N) is 1. The highest BCUT2D eigenvalue weighted by Crippen LogP contribution is 2.17. The van der Waals surface area contributed by atoms with Crippen molar-refractivity contribution in [2.75, 3.05) is 39.9 Å². The summed E-state index contributed by atoms with van der Waals surface area (Å²) in [5.74, 6) is 0.763. The summed E-state index contributed by atoms with van der Waals surface area (Å²) < 4.78 is 5.30. The average molecular weight is 270 g/mol. The predicted molar refractivity (Wildman–Crippen MR) is 82.6 cm³/mol. The van der Waals surface area contributed by atoms with E-state index in [2.05, 4.69) is 24.1 Å². The molecule has 0 amide bonds. The van der Waals surface area contributed by atoms with Gasteiger partial charge >= 0.3 is 0 Å². The fourth-order valence-electron chi connectivity index (χ4n) is 3.09. The second kappa shape index (κ2) is 10.6. The molecule has 3 heteroatoms. The molecular weight excluding hydrogens is 236 g/mol. The van der Waals surface area contributed by atoms with Gasteiger partial charge in [0, 0.05) is 19.7 Å². The van der Waals surface area contributed by atoms with E-state index in [1.54, 1.807) is 0 Å². The van der Waals surface area contributed by atoms with E-state index in [0.717, 1.165) is 25.1 Å². The lowest BCUT2D eigenvalue weighted by Gasteiger charge is -2.32. The summed E-state index contributed by atoms with van der Waals surface area (Å²) in [5, 5.41) is 3.65. The Morgan fingerprint density at radius 2 is 2.21 bits per heavy atom. The fraction of sp³-hybridized carbons (Fsp3) is 1.00. The van der Waals surface area contributed by atoms with Gasteiger partial charge in [0.15, 0.2) is 0 Å². The summed E-state index contributed by atoms with van der Waals surface area (Å²) in [4.78, 5) is 2.64. The second-order valence-electron chi connectivity index (χ2n) is 5.97. The van der Waals surface area contributed by atoms with Crippen molar-refractivity contribution in [3.05, 3.63) is 0 Å². The first-order valence-electron chi connectivity index (χ1n) is 8.24. The Hall–Kier alpha value is -0.120. The lowest BCUT2D eigenvalue weighted by atomic mass is 9.98. The van der Waals surface area contributed by atoms with Crippen LogP contribution in [0.2, 0.25) is 0 Å². The van der Waals surface area contributed by atoms with Gasteiger partial charge in [0.25, 0.3) is 0 Å². The molecule has 0 aromatic carbocycles. The van der Waals surface area contributed by atoms with Crippen molar-refractivity contribution in [3.63, 3.8) is 0 Å². The van der Waals surface area contributed by atoms with Crippen LogP contribution in [0.15, 0.2) is 0 Å². The highest BCUT2D eigenvalue weighted by atomic mass is 16.5. The zero-order valence-corrected chi connectivity index (χ0v) is 13.3. The maximum atomic E-state index is 5.30. The summed E-state index contributed by atoms with van der Waals surface area (Å²) in [6.45, 7) is 10.4. The highest BCUT2D eigenvalue weighted by Gasteiger charge is 2.19. The maximum Gasteiger partial charge on any atom is 0.0502 e. The third-order valence-corrected chi connectivity index (χ3v) is 4.21. The lowest BCUT2D eigenvalue weighted by molar-refractivity contribution is 0.0894. The largest absolute Gasteiger partial charge is 0.384 e. The van der Waals surface area contributed by atoms with Crippen molar-refractivity contribution in [1.29, 1.82) is 0 Å². The van der Waals surface area contributed by atoms with Crippen LogP contribution in [0.1, 0.15) is 52.4 Å². The molecule has 19 heavy (non-hydrogen) atoms. The monoisotopic (exact) mass is 270 g/mol. The Bertz CT molecular complexity index is 209. The van der Waals surface area contributed by atoms with Gasteiger partial charge in [-0.25, -0.2) is 0 Å². The molecule has 1 saturated heterocycles. The van der Waals surface area contributed by atoms with Crippen LogP contribution in [-0.4, -0.2) is 50.8 Å². The molecule has 2 unspecified atom stereocenters. The van der Waals surface area contributed by atoms with E-state index < -0.39 is 0 Å². The zero-order valence-electron chi connectivity index (χ0n) is 13.3. The summed E-state index contributed by atoms with van der Waals surface area (Å²) in [6, 6.07) is 0.722. The number of methoxy groups -OCH3 is 1. The van der Waals surface area contributed by atoms with E-state index in [1.807, 2.05) is 7.11 Å². The topological polar surface area (TPSA) is 24.5 Å². The number of hydrogen-bond acceptors (Lipinski definition) is 3. The number of hydrogen-bond donors (Lipinski definition) is 1. The average Bonchev–Trinajstić information content (AvgIpc) is 2.43. The molecular formula is C16H34N2O. The van der Waals surface area contributed by atoms with E-state index in [1.165, 1.54) is 58.2 Å². The molecule has 0 saturated carbocycles. The standard InChI is InChI=1S/C16H34N2O/c1-4-10-17-16(5-2)9-7-12-18-11-6-8-15(13-18)14-19-3/h15-17H,4-14H2,1-3H3. The Balaban J connectivity index is 2.13. The molecule has 1 heterocycles. The third kappa shape index (κ3) is 7.28. The molecule has 0 aromatic heterocycles. The molecule has 0 bridgehead atoms. The van der Waals surface area contributed by atoms with Crippen LogP contribution in [-0.2, 0) is 4.74 Å². The first-order valence-corrected chi connectivity index (χ1v) is 8.24. The van der Waals surface area contributed by atoms with Crippen molar-refractivity contribution in [2.24, 2.45) is 5.92 Å². The molecule has 114 valence electrons. The van der Waals surface area contributed by atoms with E-state index in [-0.39, 0.29) is 0 Å². The van der Waals surface area contributed by atoms with Crippen LogP contribution in [0, 0.1) is 5.92 Å². The Kier molecular flexibility index (Phi) is 9.48. The molecule has 1 aliphatic heterocycles. The molecule has 1 aliphatic rings. The normalized spacial score (nSPS) is 22.6. The molecule has 0 aromatic rings. The van der Waals surface area contributed by atoms with Crippen LogP contribution in [0.25, 0.3) is 0 Å². The van der Waals surface area contributed by atoms with Crippen LogP contribution >= 0.6 is 0 Å². The third-order valence-electron chi connectivity index (χ3n) is 4.21. The minimum atomic E-state index is 0.722. The number of piperidine rings is 1. The minimum absolute atomic E-state index is 0.722. The van der Waals surface area contributed by atoms with Gasteiger partial charge in [-0.3, -0.25) is 0 Å². The van der Waals surface area contributed by atoms with Crippen molar-refractivity contribution in [1.82, 2.24) is 10.2 Å². The summed E-state index contributed by atoms with van der Waals surface area (Å²) in [7, 11) is 1.82. The summed E-state index contributed by atoms with van der Waals surface area (Å²) in [5.41, 5.74) is 0. The Morgan fingerprint density at radius 3 is 2.89 bits per heavy atom. The van der Waals surface area contributed by atoms with Gasteiger partial charge in [-0.05, 0) is 64.1 Å². The van der Waals surface area contributed by atoms with Gasteiger partial charge in [0.05, 0.1) is 6.61 Å². The fourth-order valence-corrected chi connectivity index (χ4v) is 3.09. The van der Waals surface area contributed by atoms with Gasteiger partial charge in [0.2, 0.25) is 0 Å². The molecule has 1 N–H and O–H groups in total. The number of ether oxygens (including phenoxy) is 1. The molecule has 3 nitrogen and oxygen atoms in total. The minimum Gasteiger partial charge on any atom is -0.384 e. The van der Waals surface area contributed by atoms with Crippen molar-refractivity contribution in [3.8, 4) is 0 Å². The lowest BCUT2D eigenvalue weighted by Crippen LogP contribution is -2.38. The summed E-state index contributed by atoms with van der Waals surface area (Å²) >= 11 is 0. The van der Waals surface area contributed by atoms with E-state index in [0.29, 0.717) is 0 Å². The Morgan fingerprint density at radius 1 is 1.37 bits per heavy atom. The quantitative estimate of drug-likeness (QED) is 0.660. The van der Waals surface area contributed by atoms with Gasteiger partial charge in [-0.1, -0.05) is 13.8 Å². The maximum absolute atomic E-state index is 5.30. The van der Waals surface area contributed by atoms with Gasteiger partial charge in [-0.2, -0.15) is 0 Å². The van der Waals surface area contributed by atoms with Crippen LogP contribution < -0.4 is 5.32 Å². The number of likely N-dealkylation sites (tertiary alicyclic amines) is 1. The molecule has 0 aliphatic carbocycles. The first-order chi connectivity index (χ1) is 9.30. The SMILES string of the molecule is CCCNC(CC)CCCN1CCCC(COC)C1. The zero-order chi connectivity index (χ0) is 13.9. The number of nitrogens with zero attached hydrogens (tertiary/aromatic N) is 1. The Labute approximate surface area is 120 Å². The van der Waals surface area contributed by atoms with E-state index >= 15 is 0 Å². The molecule has 1 rings (SSSR count). The van der Waals surface area contributed by atoms with Crippen LogP contribution in [0.4, 0.5) is 0 Å². The van der Waals surface area contributed by atoms with Crippen LogP contribution in [0.3, 0.4) is 0 Å². The second-order valence-corrected chi connectivity index (χ2v) is 5.97. The van der Waals surface area contributed by atoms with Crippen molar-refractivity contribution >= 4 is 0 Å². The van der Waals surface area contributed by atoms with Crippen LogP contribution in [0.5, 0.6) is 0 Å². The first kappa shape index (κ1) is 16.9. The van der Waals surface area contributed by atoms with Crippen molar-refractivity contribution in [2.45, 2.75) is 58.4 Å². The molecule has 0 radical (unpaired) electrons. The summed E-state index contributed by atoms with van der Waals surface area (Å²) in [6.07, 6.45) is 7.84. The van der Waals surface area contributed by atoms with Crippen molar-refractivity contribution < 1.29 is 4.74 Å². The van der Waals surface area contributed by atoms with Gasteiger partial charge < -0.3 is 15.0 Å². The number of rotatable bonds is 10. The predicted octanol–water partition coefficient (Wildman–Crippen LogP) is 2.90. The van der Waals surface area contributed by atoms with E-state index in [4.69, 9.17) is 4.74 Å². The van der Waals surface area contributed by atoms with Gasteiger partial charge in [0.1, 0.15) is 0 Å². The smallest absolute Gasteiger partial charge is 0.0502 e. The molecule has 1 fully saturated rings. The molecule has 0 spiro atoms.